The Bertz CT molecular complexity index is 433. The second kappa shape index (κ2) is 4.63. The maximum Gasteiger partial charge on any atom is 0.246 e. The van der Waals surface area contributed by atoms with Gasteiger partial charge < -0.3 is 0 Å². The van der Waals surface area contributed by atoms with Gasteiger partial charge in [0.2, 0.25) is 11.8 Å². The minimum atomic E-state index is -0.426. The van der Waals surface area contributed by atoms with E-state index in [1.165, 1.54) is 11.9 Å². The van der Waals surface area contributed by atoms with E-state index in [4.69, 9.17) is 0 Å². The minimum absolute atomic E-state index is 0.0514. The minimum Gasteiger partial charge on any atom is -0.297 e. The number of aromatic nitrogens is 1. The Labute approximate surface area is 99.8 Å². The number of likely N-dealkylation sites (N-methyl/N-ethyl adjacent to an activating group) is 1. The first-order valence-electron chi connectivity index (χ1n) is 5.57. The smallest absolute Gasteiger partial charge is 0.246 e. The van der Waals surface area contributed by atoms with Crippen LogP contribution in [0.4, 0.5) is 0 Å². The number of nitrogens with one attached hydrogen (secondary N) is 1. The van der Waals surface area contributed by atoms with Crippen LogP contribution in [0.25, 0.3) is 0 Å². The molecule has 1 N–H and O–H groups in total. The Morgan fingerprint density at radius 3 is 2.76 bits per heavy atom. The highest BCUT2D eigenvalue weighted by Gasteiger charge is 2.36. The topological polar surface area (TPSA) is 62.3 Å². The fourth-order valence-corrected chi connectivity index (χ4v) is 1.91. The van der Waals surface area contributed by atoms with E-state index in [-0.39, 0.29) is 24.3 Å². The fraction of sp³-hybridized carbons (Fsp3) is 0.417. The summed E-state index contributed by atoms with van der Waals surface area (Å²) < 4.78 is 0. The number of imide groups is 1. The summed E-state index contributed by atoms with van der Waals surface area (Å²) in [7, 11) is 1.51. The first kappa shape index (κ1) is 11.7. The van der Waals surface area contributed by atoms with Crippen molar-refractivity contribution in [1.82, 2.24) is 15.2 Å². The molecule has 1 aliphatic heterocycles. The molecule has 0 saturated carbocycles. The molecule has 5 heteroatoms. The predicted molar refractivity (Wildman–Crippen MR) is 62.0 cm³/mol. The molecular weight excluding hydrogens is 218 g/mol. The molecule has 0 radical (unpaired) electrons. The number of rotatable bonds is 3. The van der Waals surface area contributed by atoms with Crippen LogP contribution < -0.4 is 5.32 Å². The Balaban J connectivity index is 2.03. The van der Waals surface area contributed by atoms with E-state index in [1.807, 2.05) is 25.1 Å². The first-order chi connectivity index (χ1) is 8.09. The molecule has 0 spiro atoms. The highest BCUT2D eigenvalue weighted by atomic mass is 16.2. The van der Waals surface area contributed by atoms with Gasteiger partial charge in [0, 0.05) is 19.3 Å². The van der Waals surface area contributed by atoms with Gasteiger partial charge in [-0.3, -0.25) is 24.8 Å². The van der Waals surface area contributed by atoms with Gasteiger partial charge in [-0.15, -0.1) is 0 Å². The highest BCUT2D eigenvalue weighted by Crippen LogP contribution is 2.16. The summed E-state index contributed by atoms with van der Waals surface area (Å²) in [5.74, 6) is -0.307. The van der Waals surface area contributed by atoms with Crippen LogP contribution in [0.15, 0.2) is 24.4 Å². The molecular formula is C12H15N3O2. The van der Waals surface area contributed by atoms with Crippen molar-refractivity contribution >= 4 is 11.8 Å². The summed E-state index contributed by atoms with van der Waals surface area (Å²) in [5, 5.41) is 3.13. The third kappa shape index (κ3) is 2.34. The monoisotopic (exact) mass is 233 g/mol. The number of nitrogens with zero attached hydrogens (tertiary/aromatic N) is 2. The average Bonchev–Trinajstić information content (AvgIpc) is 2.58. The summed E-state index contributed by atoms with van der Waals surface area (Å²) in [4.78, 5) is 28.4. The van der Waals surface area contributed by atoms with Crippen molar-refractivity contribution in [3.8, 4) is 0 Å². The molecule has 2 amide bonds. The van der Waals surface area contributed by atoms with Crippen molar-refractivity contribution in [2.24, 2.45) is 0 Å². The van der Waals surface area contributed by atoms with Crippen LogP contribution >= 0.6 is 0 Å². The molecule has 17 heavy (non-hydrogen) atoms. The second-order valence-electron chi connectivity index (χ2n) is 4.19. The van der Waals surface area contributed by atoms with Gasteiger partial charge in [0.05, 0.1) is 18.2 Å². The molecule has 2 atom stereocenters. The Morgan fingerprint density at radius 1 is 1.47 bits per heavy atom. The number of carbonyl (C=O) groups excluding carboxylic acids is 2. The SMILES string of the molecule is C[C@@H](NC1CC(=O)N(C)C1=O)c1ccccn1. The molecule has 1 aromatic heterocycles. The third-order valence-electron chi connectivity index (χ3n) is 2.96. The molecule has 0 aliphatic carbocycles. The molecule has 2 heterocycles. The molecule has 0 aromatic carbocycles. The summed E-state index contributed by atoms with van der Waals surface area (Å²) >= 11 is 0. The number of hydrogen-bond acceptors (Lipinski definition) is 4. The van der Waals surface area contributed by atoms with Crippen LogP contribution in [0.5, 0.6) is 0 Å². The standard InChI is InChI=1S/C12H15N3O2/c1-8(9-5-3-4-6-13-9)14-10-7-11(16)15(2)12(10)17/h3-6,8,10,14H,7H2,1-2H3/t8-,10?/m1/s1. The van der Waals surface area contributed by atoms with Gasteiger partial charge in [-0.05, 0) is 19.1 Å². The van der Waals surface area contributed by atoms with E-state index in [1.54, 1.807) is 6.20 Å². The number of amides is 2. The van der Waals surface area contributed by atoms with Crippen LogP contribution in [0.1, 0.15) is 25.1 Å². The summed E-state index contributed by atoms with van der Waals surface area (Å²) in [6.07, 6.45) is 1.94. The molecule has 1 fully saturated rings. The maximum absolute atomic E-state index is 11.7. The largest absolute Gasteiger partial charge is 0.297 e. The van der Waals surface area contributed by atoms with Crippen LogP contribution in [-0.4, -0.2) is 34.8 Å². The lowest BCUT2D eigenvalue weighted by atomic mass is 10.1. The molecule has 0 bridgehead atoms. The molecule has 1 aliphatic rings. The van der Waals surface area contributed by atoms with Crippen LogP contribution in [0.2, 0.25) is 0 Å². The molecule has 5 nitrogen and oxygen atoms in total. The third-order valence-corrected chi connectivity index (χ3v) is 2.96. The van der Waals surface area contributed by atoms with Crippen molar-refractivity contribution in [3.63, 3.8) is 0 Å². The van der Waals surface area contributed by atoms with Crippen molar-refractivity contribution in [1.29, 1.82) is 0 Å². The van der Waals surface area contributed by atoms with E-state index in [0.717, 1.165) is 5.69 Å². The van der Waals surface area contributed by atoms with Crippen LogP contribution in [0.3, 0.4) is 0 Å². The van der Waals surface area contributed by atoms with E-state index in [0.29, 0.717) is 0 Å². The number of pyridine rings is 1. The van der Waals surface area contributed by atoms with Gasteiger partial charge in [-0.1, -0.05) is 6.07 Å². The lowest BCUT2D eigenvalue weighted by Gasteiger charge is -2.17. The molecule has 90 valence electrons. The molecule has 1 saturated heterocycles. The van der Waals surface area contributed by atoms with Crippen LogP contribution in [0, 0.1) is 0 Å². The van der Waals surface area contributed by atoms with Gasteiger partial charge in [-0.25, -0.2) is 0 Å². The van der Waals surface area contributed by atoms with Gasteiger partial charge in [0.1, 0.15) is 0 Å². The van der Waals surface area contributed by atoms with E-state index < -0.39 is 6.04 Å². The first-order valence-corrected chi connectivity index (χ1v) is 5.57. The van der Waals surface area contributed by atoms with E-state index in [9.17, 15) is 9.59 Å². The quantitative estimate of drug-likeness (QED) is 0.772. The van der Waals surface area contributed by atoms with Crippen molar-refractivity contribution in [3.05, 3.63) is 30.1 Å². The van der Waals surface area contributed by atoms with Crippen molar-refractivity contribution in [2.45, 2.75) is 25.4 Å². The zero-order valence-corrected chi connectivity index (χ0v) is 9.88. The fourth-order valence-electron chi connectivity index (χ4n) is 1.91. The zero-order valence-electron chi connectivity index (χ0n) is 9.88. The lowest BCUT2D eigenvalue weighted by Crippen LogP contribution is -2.38. The molecule has 2 rings (SSSR count). The van der Waals surface area contributed by atoms with Crippen LogP contribution in [-0.2, 0) is 9.59 Å². The Kier molecular flexibility index (Phi) is 3.19. The second-order valence-corrected chi connectivity index (χ2v) is 4.19. The number of carbonyl (C=O) groups is 2. The summed E-state index contributed by atoms with van der Waals surface area (Å²) in [6.45, 7) is 1.93. The zero-order chi connectivity index (χ0) is 12.4. The Hall–Kier alpha value is -1.75. The maximum atomic E-state index is 11.7. The summed E-state index contributed by atoms with van der Waals surface area (Å²) in [5.41, 5.74) is 0.863. The Morgan fingerprint density at radius 2 is 2.24 bits per heavy atom. The molecule has 1 aromatic rings. The van der Waals surface area contributed by atoms with Gasteiger partial charge >= 0.3 is 0 Å². The van der Waals surface area contributed by atoms with Gasteiger partial charge in [0.15, 0.2) is 0 Å². The lowest BCUT2D eigenvalue weighted by molar-refractivity contribution is -0.137. The average molecular weight is 233 g/mol. The number of likely N-dealkylation sites (tertiary alicyclic amines) is 1. The molecule has 1 unspecified atom stereocenters. The summed E-state index contributed by atoms with van der Waals surface area (Å²) in [6, 6.07) is 5.15. The van der Waals surface area contributed by atoms with Crippen molar-refractivity contribution < 1.29 is 9.59 Å². The van der Waals surface area contributed by atoms with Gasteiger partial charge in [0.25, 0.3) is 0 Å². The van der Waals surface area contributed by atoms with Gasteiger partial charge in [-0.2, -0.15) is 0 Å². The van der Waals surface area contributed by atoms with E-state index >= 15 is 0 Å². The van der Waals surface area contributed by atoms with E-state index in [2.05, 4.69) is 10.3 Å². The van der Waals surface area contributed by atoms with Crippen molar-refractivity contribution in [2.75, 3.05) is 7.05 Å². The highest BCUT2D eigenvalue weighted by molar-refractivity contribution is 6.05. The predicted octanol–water partition coefficient (Wildman–Crippen LogP) is 0.489. The number of hydrogen-bond donors (Lipinski definition) is 1. The normalized spacial score (nSPS) is 22.0.